The van der Waals surface area contributed by atoms with Crippen molar-refractivity contribution >= 4 is 12.0 Å². The second kappa shape index (κ2) is 5.87. The smallest absolute Gasteiger partial charge is 0.152 e. The molecule has 1 aliphatic heterocycles. The quantitative estimate of drug-likeness (QED) is 0.826. The number of piperidine rings is 1. The summed E-state index contributed by atoms with van der Waals surface area (Å²) in [6.45, 7) is 4.25. The number of ether oxygens (including phenoxy) is 1. The van der Waals surface area contributed by atoms with Crippen molar-refractivity contribution in [3.63, 3.8) is 0 Å². The molecule has 0 unspecified atom stereocenters. The van der Waals surface area contributed by atoms with Crippen molar-refractivity contribution in [2.75, 3.05) is 24.6 Å². The van der Waals surface area contributed by atoms with Crippen molar-refractivity contribution in [1.29, 1.82) is 0 Å². The first-order chi connectivity index (χ1) is 8.76. The Morgan fingerprint density at radius 2 is 2.39 bits per heavy atom. The number of benzene rings is 1. The Labute approximate surface area is 108 Å². The van der Waals surface area contributed by atoms with Crippen LogP contribution in [0.2, 0.25) is 0 Å². The zero-order chi connectivity index (χ0) is 13.0. The Morgan fingerprint density at radius 3 is 3.06 bits per heavy atom. The van der Waals surface area contributed by atoms with E-state index in [1.807, 2.05) is 25.1 Å². The molecule has 1 atom stereocenters. The summed E-state index contributed by atoms with van der Waals surface area (Å²) in [4.78, 5) is 13.4. The zero-order valence-electron chi connectivity index (χ0n) is 10.8. The molecule has 1 aliphatic rings. The minimum Gasteiger partial charge on any atom is -0.492 e. The number of nitrogens with two attached hydrogens (primary N) is 1. The molecule has 1 saturated heterocycles. The minimum atomic E-state index is 0.174. The molecule has 4 heteroatoms. The van der Waals surface area contributed by atoms with Gasteiger partial charge in [0, 0.05) is 24.7 Å². The third kappa shape index (κ3) is 2.64. The number of anilines is 1. The standard InChI is InChI=1S/C14H20N2O2/c1-2-18-13-7-3-5-11(10-17)14(13)16-8-4-6-12(15)9-16/h3,5,7,10,12H,2,4,6,8-9,15H2,1H3/t12-/m1/s1. The average Bonchev–Trinajstić information content (AvgIpc) is 2.38. The summed E-state index contributed by atoms with van der Waals surface area (Å²) in [5.41, 5.74) is 7.58. The van der Waals surface area contributed by atoms with E-state index in [0.717, 1.165) is 43.7 Å². The monoisotopic (exact) mass is 248 g/mol. The van der Waals surface area contributed by atoms with Gasteiger partial charge in [0.1, 0.15) is 5.75 Å². The van der Waals surface area contributed by atoms with Crippen LogP contribution in [0.25, 0.3) is 0 Å². The van der Waals surface area contributed by atoms with Crippen molar-refractivity contribution in [1.82, 2.24) is 0 Å². The number of nitrogens with zero attached hydrogens (tertiary/aromatic N) is 1. The Hall–Kier alpha value is -1.55. The number of para-hydroxylation sites is 1. The predicted octanol–water partition coefficient (Wildman–Crippen LogP) is 1.83. The highest BCUT2D eigenvalue weighted by molar-refractivity contribution is 5.87. The van der Waals surface area contributed by atoms with Gasteiger partial charge in [-0.05, 0) is 31.9 Å². The fourth-order valence-electron chi connectivity index (χ4n) is 2.46. The van der Waals surface area contributed by atoms with Crippen LogP contribution in [0, 0.1) is 0 Å². The number of carbonyl (C=O) groups excluding carboxylic acids is 1. The predicted molar refractivity (Wildman–Crippen MR) is 72.4 cm³/mol. The fourth-order valence-corrected chi connectivity index (χ4v) is 2.46. The van der Waals surface area contributed by atoms with E-state index in [2.05, 4.69) is 4.90 Å². The molecule has 18 heavy (non-hydrogen) atoms. The molecule has 0 aromatic heterocycles. The van der Waals surface area contributed by atoms with Crippen molar-refractivity contribution < 1.29 is 9.53 Å². The van der Waals surface area contributed by atoms with E-state index in [-0.39, 0.29) is 6.04 Å². The van der Waals surface area contributed by atoms with E-state index in [1.54, 1.807) is 0 Å². The zero-order valence-corrected chi connectivity index (χ0v) is 10.8. The second-order valence-corrected chi connectivity index (χ2v) is 4.59. The van der Waals surface area contributed by atoms with Gasteiger partial charge in [0.25, 0.3) is 0 Å². The molecule has 1 fully saturated rings. The normalized spacial score (nSPS) is 19.7. The molecule has 4 nitrogen and oxygen atoms in total. The summed E-state index contributed by atoms with van der Waals surface area (Å²) in [7, 11) is 0. The van der Waals surface area contributed by atoms with Gasteiger partial charge >= 0.3 is 0 Å². The summed E-state index contributed by atoms with van der Waals surface area (Å²) in [6.07, 6.45) is 2.99. The highest BCUT2D eigenvalue weighted by atomic mass is 16.5. The van der Waals surface area contributed by atoms with E-state index < -0.39 is 0 Å². The number of aldehydes is 1. The lowest BCUT2D eigenvalue weighted by molar-refractivity contribution is 0.112. The molecular weight excluding hydrogens is 228 g/mol. The van der Waals surface area contributed by atoms with Crippen molar-refractivity contribution in [3.8, 4) is 5.75 Å². The maximum Gasteiger partial charge on any atom is 0.152 e. The number of hydrogen-bond donors (Lipinski definition) is 1. The van der Waals surface area contributed by atoms with Gasteiger partial charge in [0.05, 0.1) is 12.3 Å². The van der Waals surface area contributed by atoms with E-state index in [0.29, 0.717) is 12.2 Å². The first-order valence-electron chi connectivity index (χ1n) is 6.47. The largest absolute Gasteiger partial charge is 0.492 e. The Balaban J connectivity index is 2.36. The van der Waals surface area contributed by atoms with E-state index >= 15 is 0 Å². The third-order valence-corrected chi connectivity index (χ3v) is 3.23. The van der Waals surface area contributed by atoms with Crippen LogP contribution in [0.4, 0.5) is 5.69 Å². The van der Waals surface area contributed by atoms with Crippen LogP contribution in [0.5, 0.6) is 5.75 Å². The van der Waals surface area contributed by atoms with Gasteiger partial charge < -0.3 is 15.4 Å². The molecule has 2 N–H and O–H groups in total. The molecular formula is C14H20N2O2. The van der Waals surface area contributed by atoms with Gasteiger partial charge in [-0.3, -0.25) is 4.79 Å². The number of rotatable bonds is 4. The third-order valence-electron chi connectivity index (χ3n) is 3.23. The van der Waals surface area contributed by atoms with Crippen molar-refractivity contribution in [2.24, 2.45) is 5.73 Å². The van der Waals surface area contributed by atoms with Gasteiger partial charge in [-0.2, -0.15) is 0 Å². The summed E-state index contributed by atoms with van der Waals surface area (Å²) < 4.78 is 5.63. The first kappa shape index (κ1) is 12.9. The molecule has 0 saturated carbocycles. The fraction of sp³-hybridized carbons (Fsp3) is 0.500. The highest BCUT2D eigenvalue weighted by Gasteiger charge is 2.22. The average molecular weight is 248 g/mol. The second-order valence-electron chi connectivity index (χ2n) is 4.59. The van der Waals surface area contributed by atoms with Crippen LogP contribution in [0.3, 0.4) is 0 Å². The molecule has 0 bridgehead atoms. The van der Waals surface area contributed by atoms with Gasteiger partial charge in [0.2, 0.25) is 0 Å². The molecule has 0 radical (unpaired) electrons. The van der Waals surface area contributed by atoms with E-state index in [1.165, 1.54) is 0 Å². The molecule has 0 amide bonds. The van der Waals surface area contributed by atoms with Crippen LogP contribution in [0.15, 0.2) is 18.2 Å². The topological polar surface area (TPSA) is 55.6 Å². The molecule has 0 spiro atoms. The van der Waals surface area contributed by atoms with Gasteiger partial charge in [0.15, 0.2) is 6.29 Å². The van der Waals surface area contributed by atoms with E-state index in [4.69, 9.17) is 10.5 Å². The van der Waals surface area contributed by atoms with Crippen LogP contribution in [0.1, 0.15) is 30.1 Å². The Morgan fingerprint density at radius 1 is 1.56 bits per heavy atom. The lowest BCUT2D eigenvalue weighted by atomic mass is 10.0. The molecule has 0 aliphatic carbocycles. The molecule has 1 aromatic rings. The molecule has 2 rings (SSSR count). The molecule has 1 aromatic carbocycles. The SMILES string of the molecule is CCOc1cccc(C=O)c1N1CCC[C@@H](N)C1. The van der Waals surface area contributed by atoms with E-state index in [9.17, 15) is 4.79 Å². The Kier molecular flexibility index (Phi) is 4.20. The van der Waals surface area contributed by atoms with Gasteiger partial charge in [-0.25, -0.2) is 0 Å². The minimum absolute atomic E-state index is 0.174. The summed E-state index contributed by atoms with van der Waals surface area (Å²) in [6, 6.07) is 5.76. The van der Waals surface area contributed by atoms with Crippen LogP contribution in [-0.2, 0) is 0 Å². The van der Waals surface area contributed by atoms with Gasteiger partial charge in [-0.15, -0.1) is 0 Å². The summed E-state index contributed by atoms with van der Waals surface area (Å²) >= 11 is 0. The summed E-state index contributed by atoms with van der Waals surface area (Å²) in [5, 5.41) is 0. The maximum atomic E-state index is 11.2. The van der Waals surface area contributed by atoms with Crippen molar-refractivity contribution in [2.45, 2.75) is 25.8 Å². The van der Waals surface area contributed by atoms with Gasteiger partial charge in [-0.1, -0.05) is 6.07 Å². The summed E-state index contributed by atoms with van der Waals surface area (Å²) in [5.74, 6) is 0.774. The van der Waals surface area contributed by atoms with Crippen LogP contribution in [-0.4, -0.2) is 32.0 Å². The number of carbonyl (C=O) groups is 1. The first-order valence-corrected chi connectivity index (χ1v) is 6.47. The lowest BCUT2D eigenvalue weighted by Crippen LogP contribution is -2.43. The van der Waals surface area contributed by atoms with Crippen LogP contribution < -0.4 is 15.4 Å². The Bertz CT molecular complexity index is 420. The lowest BCUT2D eigenvalue weighted by Gasteiger charge is -2.34. The highest BCUT2D eigenvalue weighted by Crippen LogP contribution is 2.33. The number of hydrogen-bond acceptors (Lipinski definition) is 4. The van der Waals surface area contributed by atoms with Crippen molar-refractivity contribution in [3.05, 3.63) is 23.8 Å². The maximum absolute atomic E-state index is 11.2. The molecule has 98 valence electrons. The van der Waals surface area contributed by atoms with Crippen LogP contribution >= 0.6 is 0 Å². The molecule has 1 heterocycles.